The van der Waals surface area contributed by atoms with Gasteiger partial charge in [0.25, 0.3) is 0 Å². The molecule has 0 aliphatic carbocycles. The highest BCUT2D eigenvalue weighted by Crippen LogP contribution is 2.12. The number of nitrogens with zero attached hydrogens (tertiary/aromatic N) is 2. The van der Waals surface area contributed by atoms with Gasteiger partial charge in [-0.05, 0) is 0 Å². The first-order valence-corrected chi connectivity index (χ1v) is 2.88. The van der Waals surface area contributed by atoms with Crippen molar-refractivity contribution >= 4 is 0 Å². The quantitative estimate of drug-likeness (QED) is 0.515. The lowest BCUT2D eigenvalue weighted by Gasteiger charge is -2.19. The molecule has 5 heteroatoms. The summed E-state index contributed by atoms with van der Waals surface area (Å²) in [6.07, 6.45) is -0.263. The third-order valence-electron chi connectivity index (χ3n) is 1.16. The van der Waals surface area contributed by atoms with Crippen molar-refractivity contribution in [3.8, 4) is 12.1 Å². The van der Waals surface area contributed by atoms with Gasteiger partial charge in [-0.15, -0.1) is 0 Å². The summed E-state index contributed by atoms with van der Waals surface area (Å²) in [5.74, 6) is 0. The molecule has 0 radical (unpaired) electrons. The first-order chi connectivity index (χ1) is 5.24. The standard InChI is InChI=1S/C6H8N2O3/c7-2-1-6(3-8,4-9)11-5-10/h9-10H,1,4-5H2. The topological polar surface area (TPSA) is 97.3 Å². The van der Waals surface area contributed by atoms with E-state index in [1.54, 1.807) is 12.1 Å². The average molecular weight is 156 g/mol. The monoisotopic (exact) mass is 156 g/mol. The van der Waals surface area contributed by atoms with Crippen molar-refractivity contribution in [3.63, 3.8) is 0 Å². The number of rotatable bonds is 4. The van der Waals surface area contributed by atoms with Crippen LogP contribution in [-0.4, -0.2) is 29.2 Å². The summed E-state index contributed by atoms with van der Waals surface area (Å²) < 4.78 is 4.49. The molecule has 0 saturated carbocycles. The van der Waals surface area contributed by atoms with Crippen LogP contribution in [0.15, 0.2) is 0 Å². The number of hydrogen-bond acceptors (Lipinski definition) is 5. The van der Waals surface area contributed by atoms with Crippen molar-refractivity contribution in [2.24, 2.45) is 0 Å². The first kappa shape index (κ1) is 9.86. The van der Waals surface area contributed by atoms with Gasteiger partial charge in [0.2, 0.25) is 0 Å². The highest BCUT2D eigenvalue weighted by atomic mass is 16.6. The van der Waals surface area contributed by atoms with E-state index in [1.807, 2.05) is 0 Å². The summed E-state index contributed by atoms with van der Waals surface area (Å²) in [5, 5.41) is 33.6. The van der Waals surface area contributed by atoms with Crippen LogP contribution in [0.4, 0.5) is 0 Å². The van der Waals surface area contributed by atoms with Gasteiger partial charge >= 0.3 is 0 Å². The minimum atomic E-state index is -1.57. The SMILES string of the molecule is N#CCC(C#N)(CO)OCO. The molecule has 0 aromatic rings. The zero-order valence-corrected chi connectivity index (χ0v) is 5.82. The second-order valence-electron chi connectivity index (χ2n) is 1.87. The maximum absolute atomic E-state index is 8.63. The predicted molar refractivity (Wildman–Crippen MR) is 33.8 cm³/mol. The van der Waals surface area contributed by atoms with Crippen molar-refractivity contribution in [1.82, 2.24) is 0 Å². The van der Waals surface area contributed by atoms with Crippen LogP contribution in [0.2, 0.25) is 0 Å². The van der Waals surface area contributed by atoms with Crippen LogP contribution in [-0.2, 0) is 4.74 Å². The second-order valence-corrected chi connectivity index (χ2v) is 1.87. The first-order valence-electron chi connectivity index (χ1n) is 2.88. The van der Waals surface area contributed by atoms with Gasteiger partial charge in [0, 0.05) is 0 Å². The van der Waals surface area contributed by atoms with E-state index < -0.39 is 19.0 Å². The van der Waals surface area contributed by atoms with Gasteiger partial charge in [0.1, 0.15) is 12.9 Å². The molecule has 0 aromatic heterocycles. The zero-order chi connectivity index (χ0) is 8.74. The fraction of sp³-hybridized carbons (Fsp3) is 0.667. The summed E-state index contributed by atoms with van der Waals surface area (Å²) in [5.41, 5.74) is -1.57. The summed E-state index contributed by atoms with van der Waals surface area (Å²) in [6.45, 7) is -1.28. The minimum Gasteiger partial charge on any atom is -0.392 e. The third kappa shape index (κ3) is 2.52. The van der Waals surface area contributed by atoms with Crippen molar-refractivity contribution in [2.45, 2.75) is 12.0 Å². The Labute approximate surface area is 64.1 Å². The summed E-state index contributed by atoms with van der Waals surface area (Å²) in [4.78, 5) is 0. The Morgan fingerprint density at radius 1 is 1.36 bits per heavy atom. The normalized spacial score (nSPS) is 14.5. The number of hydrogen-bond donors (Lipinski definition) is 2. The number of ether oxygens (including phenoxy) is 1. The molecule has 0 fully saturated rings. The van der Waals surface area contributed by atoms with Gasteiger partial charge in [-0.1, -0.05) is 0 Å². The Kier molecular flexibility index (Phi) is 4.16. The number of nitriles is 2. The average Bonchev–Trinajstić information content (AvgIpc) is 2.04. The van der Waals surface area contributed by atoms with E-state index in [1.165, 1.54) is 0 Å². The molecule has 1 atom stereocenters. The minimum absolute atomic E-state index is 0.263. The van der Waals surface area contributed by atoms with Gasteiger partial charge in [0.15, 0.2) is 5.60 Å². The fourth-order valence-electron chi connectivity index (χ4n) is 0.511. The smallest absolute Gasteiger partial charge is 0.192 e. The molecule has 0 bridgehead atoms. The highest BCUT2D eigenvalue weighted by Gasteiger charge is 2.29. The molecule has 0 heterocycles. The summed E-state index contributed by atoms with van der Waals surface area (Å²) in [6, 6.07) is 3.29. The van der Waals surface area contributed by atoms with Crippen molar-refractivity contribution in [3.05, 3.63) is 0 Å². The maximum Gasteiger partial charge on any atom is 0.192 e. The molecule has 2 N–H and O–H groups in total. The Hall–Kier alpha value is -1.14. The van der Waals surface area contributed by atoms with E-state index >= 15 is 0 Å². The van der Waals surface area contributed by atoms with E-state index in [2.05, 4.69) is 4.74 Å². The lowest BCUT2D eigenvalue weighted by Crippen LogP contribution is -2.35. The third-order valence-corrected chi connectivity index (χ3v) is 1.16. The second kappa shape index (κ2) is 4.64. The van der Waals surface area contributed by atoms with E-state index in [9.17, 15) is 0 Å². The molecule has 0 rings (SSSR count). The van der Waals surface area contributed by atoms with Gasteiger partial charge in [-0.3, -0.25) is 0 Å². The van der Waals surface area contributed by atoms with Crippen LogP contribution < -0.4 is 0 Å². The molecule has 0 aliphatic rings. The van der Waals surface area contributed by atoms with Crippen LogP contribution in [0.5, 0.6) is 0 Å². The molecule has 60 valence electrons. The molecule has 0 aliphatic heterocycles. The van der Waals surface area contributed by atoms with Crippen molar-refractivity contribution in [1.29, 1.82) is 10.5 Å². The van der Waals surface area contributed by atoms with Gasteiger partial charge < -0.3 is 14.9 Å². The van der Waals surface area contributed by atoms with E-state index in [-0.39, 0.29) is 6.42 Å². The van der Waals surface area contributed by atoms with Crippen LogP contribution in [0.3, 0.4) is 0 Å². The molecule has 11 heavy (non-hydrogen) atoms. The van der Waals surface area contributed by atoms with E-state index in [4.69, 9.17) is 20.7 Å². The van der Waals surface area contributed by atoms with Gasteiger partial charge in [-0.2, -0.15) is 10.5 Å². The Morgan fingerprint density at radius 3 is 2.27 bits per heavy atom. The molecular weight excluding hydrogens is 148 g/mol. The number of aliphatic hydroxyl groups excluding tert-OH is 2. The fourth-order valence-corrected chi connectivity index (χ4v) is 0.511. The Bertz CT molecular complexity index is 193. The Balaban J connectivity index is 4.26. The largest absolute Gasteiger partial charge is 0.392 e. The molecule has 0 aromatic carbocycles. The molecule has 0 saturated heterocycles. The van der Waals surface area contributed by atoms with Crippen LogP contribution in [0, 0.1) is 22.7 Å². The van der Waals surface area contributed by atoms with Gasteiger partial charge in [0.05, 0.1) is 19.1 Å². The lowest BCUT2D eigenvalue weighted by atomic mass is 10.0. The van der Waals surface area contributed by atoms with Crippen LogP contribution in [0.1, 0.15) is 6.42 Å². The van der Waals surface area contributed by atoms with Gasteiger partial charge in [-0.25, -0.2) is 0 Å². The summed E-state index contributed by atoms with van der Waals surface area (Å²) in [7, 11) is 0. The molecule has 0 spiro atoms. The maximum atomic E-state index is 8.63. The number of aliphatic hydroxyl groups is 2. The predicted octanol–water partition coefficient (Wildman–Crippen LogP) is -0.879. The van der Waals surface area contributed by atoms with E-state index in [0.717, 1.165) is 0 Å². The summed E-state index contributed by atoms with van der Waals surface area (Å²) >= 11 is 0. The van der Waals surface area contributed by atoms with Crippen molar-refractivity contribution < 1.29 is 14.9 Å². The lowest BCUT2D eigenvalue weighted by molar-refractivity contribution is -0.105. The molecule has 1 unspecified atom stereocenters. The zero-order valence-electron chi connectivity index (χ0n) is 5.82. The van der Waals surface area contributed by atoms with Crippen LogP contribution in [0.25, 0.3) is 0 Å². The highest BCUT2D eigenvalue weighted by molar-refractivity contribution is 5.06. The molecule has 0 amide bonds. The van der Waals surface area contributed by atoms with E-state index in [0.29, 0.717) is 0 Å². The molecular formula is C6H8N2O3. The Morgan fingerprint density at radius 2 is 2.00 bits per heavy atom. The van der Waals surface area contributed by atoms with Crippen LogP contribution >= 0.6 is 0 Å². The van der Waals surface area contributed by atoms with Crippen molar-refractivity contribution in [2.75, 3.05) is 13.4 Å². The molecule has 5 nitrogen and oxygen atoms in total.